The van der Waals surface area contributed by atoms with E-state index in [0.29, 0.717) is 20.1 Å². The fourth-order valence-electron chi connectivity index (χ4n) is 1.38. The van der Waals surface area contributed by atoms with Gasteiger partial charge in [0.2, 0.25) is 0 Å². The molecule has 0 spiro atoms. The molecule has 0 aliphatic carbocycles. The van der Waals surface area contributed by atoms with E-state index in [9.17, 15) is 0 Å². The number of hydrogen-bond acceptors (Lipinski definition) is 0. The van der Waals surface area contributed by atoms with Crippen molar-refractivity contribution in [3.63, 3.8) is 0 Å². The van der Waals surface area contributed by atoms with Crippen LogP contribution < -0.4 is 0 Å². The molecule has 0 aliphatic heterocycles. The van der Waals surface area contributed by atoms with E-state index in [0.717, 1.165) is 11.1 Å². The number of benzene rings is 2. The Hall–Kier alpha value is -0.400. The lowest BCUT2D eigenvalue weighted by Gasteiger charge is -2.06. The predicted octanol–water partition coefficient (Wildman–Crippen LogP) is 5.77. The summed E-state index contributed by atoms with van der Waals surface area (Å²) in [5.74, 6) is 0. The summed E-state index contributed by atoms with van der Waals surface area (Å²) >= 11 is 23.8. The molecule has 0 nitrogen and oxygen atoms in total. The van der Waals surface area contributed by atoms with Gasteiger partial charge in [0, 0.05) is 11.6 Å². The average molecular weight is 291 g/mol. The maximum Gasteiger partial charge on any atom is 0.0670 e. The number of halogens is 4. The molecule has 16 heavy (non-hydrogen) atoms. The van der Waals surface area contributed by atoms with Crippen LogP contribution in [0.15, 0.2) is 30.3 Å². The smallest absolute Gasteiger partial charge is 0.0670 e. The van der Waals surface area contributed by atoms with E-state index < -0.39 is 0 Å². The Balaban J connectivity index is 2.63. The Morgan fingerprint density at radius 1 is 0.875 bits per heavy atom. The molecule has 4 heteroatoms. The minimum absolute atomic E-state index is 0.443. The third kappa shape index (κ3) is 2.46. The van der Waals surface area contributed by atoms with Crippen LogP contribution in [0, 0.1) is 6.07 Å². The molecule has 0 aromatic heterocycles. The molecular weight excluding hydrogens is 286 g/mol. The molecule has 0 aliphatic rings. The van der Waals surface area contributed by atoms with Crippen LogP contribution in [0.3, 0.4) is 0 Å². The van der Waals surface area contributed by atoms with Gasteiger partial charge in [-0.2, -0.15) is 0 Å². The van der Waals surface area contributed by atoms with Gasteiger partial charge < -0.3 is 0 Å². The van der Waals surface area contributed by atoms with Crippen molar-refractivity contribution in [2.45, 2.75) is 0 Å². The van der Waals surface area contributed by atoms with Gasteiger partial charge >= 0.3 is 0 Å². The molecular formula is C12H5Cl4. The highest BCUT2D eigenvalue weighted by atomic mass is 35.5. The summed E-state index contributed by atoms with van der Waals surface area (Å²) in [7, 11) is 0. The molecule has 0 atom stereocenters. The van der Waals surface area contributed by atoms with E-state index in [1.807, 2.05) is 12.1 Å². The molecule has 0 amide bonds. The summed E-state index contributed by atoms with van der Waals surface area (Å²) in [6, 6.07) is 11.7. The van der Waals surface area contributed by atoms with Crippen LogP contribution in [0.4, 0.5) is 0 Å². The van der Waals surface area contributed by atoms with Gasteiger partial charge in [0.15, 0.2) is 0 Å². The van der Waals surface area contributed by atoms with Crippen molar-refractivity contribution in [1.29, 1.82) is 0 Å². The van der Waals surface area contributed by atoms with Crippen molar-refractivity contribution in [3.05, 3.63) is 56.5 Å². The van der Waals surface area contributed by atoms with Crippen LogP contribution in [0.2, 0.25) is 20.1 Å². The zero-order chi connectivity index (χ0) is 11.7. The van der Waals surface area contributed by atoms with E-state index >= 15 is 0 Å². The van der Waals surface area contributed by atoms with Gasteiger partial charge in [0.1, 0.15) is 0 Å². The maximum atomic E-state index is 6.10. The van der Waals surface area contributed by atoms with Crippen LogP contribution in [-0.4, -0.2) is 0 Å². The standard InChI is InChI=1S/C12H5Cl4/c13-8-4-7(5-9(14)6-8)10-2-1-3-11(15)12(10)16/h1-5H. The highest BCUT2D eigenvalue weighted by Crippen LogP contribution is 2.35. The van der Waals surface area contributed by atoms with E-state index in [1.165, 1.54) is 0 Å². The second-order valence-electron chi connectivity index (χ2n) is 3.17. The maximum absolute atomic E-state index is 6.10. The van der Waals surface area contributed by atoms with E-state index in [4.69, 9.17) is 46.4 Å². The second-order valence-corrected chi connectivity index (χ2v) is 4.77. The first-order valence-electron chi connectivity index (χ1n) is 4.40. The first kappa shape index (κ1) is 12.1. The Morgan fingerprint density at radius 3 is 2.12 bits per heavy atom. The van der Waals surface area contributed by atoms with Crippen molar-refractivity contribution >= 4 is 46.4 Å². The van der Waals surface area contributed by atoms with Crippen LogP contribution in [0.5, 0.6) is 0 Å². The molecule has 81 valence electrons. The van der Waals surface area contributed by atoms with Gasteiger partial charge in [-0.15, -0.1) is 0 Å². The summed E-state index contributed by atoms with van der Waals surface area (Å²) in [4.78, 5) is 0. The Kier molecular flexibility index (Phi) is 3.66. The normalized spacial score (nSPS) is 10.5. The summed E-state index contributed by atoms with van der Waals surface area (Å²) in [6.45, 7) is 0. The molecule has 0 N–H and O–H groups in total. The first-order valence-corrected chi connectivity index (χ1v) is 5.92. The van der Waals surface area contributed by atoms with Crippen LogP contribution >= 0.6 is 46.4 Å². The minimum Gasteiger partial charge on any atom is -0.0836 e. The van der Waals surface area contributed by atoms with Gasteiger partial charge in [0.25, 0.3) is 0 Å². The summed E-state index contributed by atoms with van der Waals surface area (Å²) in [5.41, 5.74) is 1.62. The van der Waals surface area contributed by atoms with Crippen LogP contribution in [0.1, 0.15) is 0 Å². The molecule has 0 unspecified atom stereocenters. The van der Waals surface area contributed by atoms with Crippen LogP contribution in [-0.2, 0) is 0 Å². The molecule has 0 bridgehead atoms. The van der Waals surface area contributed by atoms with Crippen molar-refractivity contribution in [2.24, 2.45) is 0 Å². The second kappa shape index (κ2) is 4.85. The zero-order valence-electron chi connectivity index (χ0n) is 7.90. The lowest BCUT2D eigenvalue weighted by atomic mass is 10.1. The minimum atomic E-state index is 0.443. The molecule has 0 saturated carbocycles. The topological polar surface area (TPSA) is 0 Å². The zero-order valence-corrected chi connectivity index (χ0v) is 10.9. The van der Waals surface area contributed by atoms with Gasteiger partial charge in [-0.05, 0) is 23.8 Å². The highest BCUT2D eigenvalue weighted by Gasteiger charge is 2.08. The quantitative estimate of drug-likeness (QED) is 0.626. The molecule has 1 radical (unpaired) electrons. The number of rotatable bonds is 1. The predicted molar refractivity (Wildman–Crippen MR) is 70.8 cm³/mol. The molecule has 2 aromatic carbocycles. The van der Waals surface area contributed by atoms with Crippen LogP contribution in [0.25, 0.3) is 11.1 Å². The third-order valence-corrected chi connectivity index (χ3v) is 3.29. The largest absolute Gasteiger partial charge is 0.0836 e. The van der Waals surface area contributed by atoms with Gasteiger partial charge in [-0.3, -0.25) is 0 Å². The lowest BCUT2D eigenvalue weighted by Crippen LogP contribution is -1.81. The monoisotopic (exact) mass is 289 g/mol. The van der Waals surface area contributed by atoms with Crippen molar-refractivity contribution < 1.29 is 0 Å². The highest BCUT2D eigenvalue weighted by molar-refractivity contribution is 6.43. The molecule has 2 rings (SSSR count). The van der Waals surface area contributed by atoms with E-state index in [1.54, 1.807) is 18.2 Å². The van der Waals surface area contributed by atoms with Gasteiger partial charge in [-0.1, -0.05) is 58.5 Å². The lowest BCUT2D eigenvalue weighted by molar-refractivity contribution is 1.61. The van der Waals surface area contributed by atoms with Crippen molar-refractivity contribution in [3.8, 4) is 11.1 Å². The van der Waals surface area contributed by atoms with E-state index in [2.05, 4.69) is 6.07 Å². The summed E-state index contributed by atoms with van der Waals surface area (Å²) in [6.07, 6.45) is 0. The Labute approximate surface area is 114 Å². The van der Waals surface area contributed by atoms with E-state index in [-0.39, 0.29) is 0 Å². The third-order valence-electron chi connectivity index (χ3n) is 2.07. The Bertz CT molecular complexity index is 514. The van der Waals surface area contributed by atoms with Gasteiger partial charge in [-0.25, -0.2) is 0 Å². The van der Waals surface area contributed by atoms with Crippen molar-refractivity contribution in [2.75, 3.05) is 0 Å². The number of hydrogen-bond donors (Lipinski definition) is 0. The van der Waals surface area contributed by atoms with Gasteiger partial charge in [0.05, 0.1) is 20.1 Å². The molecule has 0 saturated heterocycles. The SMILES string of the molecule is Clc1[c]c(Cl)cc(-c2cccc(Cl)c2Cl)c1. The fourth-order valence-corrected chi connectivity index (χ4v) is 2.28. The summed E-state index contributed by atoms with van der Waals surface area (Å²) in [5, 5.41) is 1.87. The molecule has 0 heterocycles. The summed E-state index contributed by atoms with van der Waals surface area (Å²) < 4.78 is 0. The first-order chi connectivity index (χ1) is 7.58. The average Bonchev–Trinajstić information content (AvgIpc) is 2.20. The molecule has 2 aromatic rings. The van der Waals surface area contributed by atoms with Crippen molar-refractivity contribution in [1.82, 2.24) is 0 Å². The Morgan fingerprint density at radius 2 is 1.50 bits per heavy atom. The fraction of sp³-hybridized carbons (Fsp3) is 0. The molecule has 0 fully saturated rings.